The first-order valence-corrected chi connectivity index (χ1v) is 15.3. The first-order valence-electron chi connectivity index (χ1n) is 13.4. The van der Waals surface area contributed by atoms with E-state index in [2.05, 4.69) is 4.98 Å². The Morgan fingerprint density at radius 1 is 1.00 bits per heavy atom. The highest BCUT2D eigenvalue weighted by Gasteiger charge is 2.54. The fourth-order valence-electron chi connectivity index (χ4n) is 5.79. The number of ether oxygens (including phenoxy) is 1. The van der Waals surface area contributed by atoms with Crippen molar-refractivity contribution in [3.8, 4) is 11.1 Å². The van der Waals surface area contributed by atoms with Gasteiger partial charge in [0.2, 0.25) is 0 Å². The second-order valence-electron chi connectivity index (χ2n) is 11.7. The van der Waals surface area contributed by atoms with Gasteiger partial charge in [-0.3, -0.25) is 4.98 Å². The molecule has 1 aliphatic heterocycles. The number of benzene rings is 2. The number of amides is 1. The maximum atomic E-state index is 13.3. The minimum absolute atomic E-state index is 0.201. The van der Waals surface area contributed by atoms with Crippen molar-refractivity contribution < 1.29 is 23.1 Å². The van der Waals surface area contributed by atoms with E-state index >= 15 is 0 Å². The molecular weight excluding hydrogens is 512 g/mol. The average Bonchev–Trinajstić information content (AvgIpc) is 3.71. The van der Waals surface area contributed by atoms with Gasteiger partial charge in [0.1, 0.15) is 10.3 Å². The van der Waals surface area contributed by atoms with Crippen molar-refractivity contribution in [3.63, 3.8) is 0 Å². The molecule has 0 radical (unpaired) electrons. The summed E-state index contributed by atoms with van der Waals surface area (Å²) in [4.78, 5) is 19.6. The van der Waals surface area contributed by atoms with Crippen molar-refractivity contribution in [2.45, 2.75) is 68.4 Å². The van der Waals surface area contributed by atoms with Crippen molar-refractivity contribution in [1.29, 1.82) is 0 Å². The van der Waals surface area contributed by atoms with Gasteiger partial charge in [-0.1, -0.05) is 60.7 Å². The number of cyclic esters (lactones) is 1. The fraction of sp³-hybridized carbons (Fsp3) is 0.419. The molecule has 8 heteroatoms. The molecule has 1 amide bonds. The molecule has 0 unspecified atom stereocenters. The van der Waals surface area contributed by atoms with E-state index in [4.69, 9.17) is 4.74 Å². The standard InChI is InChI=1S/C31H36N2O5S/c1-22(33-19-18-30(38-28(33)34,21-29(2,3)35)26-8-6-5-7-9-26)23-10-12-24(13-11-23)25-14-15-27(32-20-25)31(16-17-31)39(4,36)37/h5-15,20,22,35H,16-19,21H2,1-4H3/t22-,30-/m0/s1. The Kier molecular flexibility index (Phi) is 6.84. The van der Waals surface area contributed by atoms with E-state index in [1.54, 1.807) is 24.9 Å². The minimum Gasteiger partial charge on any atom is -0.438 e. The normalized spacial score (nSPS) is 21.8. The Balaban J connectivity index is 1.31. The Hall–Kier alpha value is -3.23. The number of rotatable bonds is 8. The largest absolute Gasteiger partial charge is 0.438 e. The van der Waals surface area contributed by atoms with Gasteiger partial charge in [-0.15, -0.1) is 0 Å². The molecule has 0 spiro atoms. The maximum absolute atomic E-state index is 13.3. The summed E-state index contributed by atoms with van der Waals surface area (Å²) < 4.78 is 29.7. The second kappa shape index (κ2) is 9.75. The van der Waals surface area contributed by atoms with Gasteiger partial charge >= 0.3 is 6.09 Å². The third-order valence-corrected chi connectivity index (χ3v) is 10.2. The van der Waals surface area contributed by atoms with E-state index in [9.17, 15) is 18.3 Å². The highest BCUT2D eigenvalue weighted by Crippen LogP contribution is 2.51. The molecule has 2 atom stereocenters. The first-order chi connectivity index (χ1) is 18.3. The van der Waals surface area contributed by atoms with Crippen molar-refractivity contribution in [3.05, 3.63) is 89.7 Å². The van der Waals surface area contributed by atoms with E-state index in [-0.39, 0.29) is 6.04 Å². The van der Waals surface area contributed by atoms with Crippen LogP contribution < -0.4 is 0 Å². The molecular formula is C31H36N2O5S. The van der Waals surface area contributed by atoms with E-state index in [0.29, 0.717) is 37.9 Å². The molecule has 1 saturated carbocycles. The van der Waals surface area contributed by atoms with Crippen LogP contribution in [0.2, 0.25) is 0 Å². The van der Waals surface area contributed by atoms with Crippen LogP contribution in [0, 0.1) is 0 Å². The van der Waals surface area contributed by atoms with Crippen molar-refractivity contribution in [2.75, 3.05) is 12.8 Å². The van der Waals surface area contributed by atoms with Gasteiger partial charge in [-0.05, 0) is 56.4 Å². The molecule has 2 aliphatic rings. The zero-order chi connectivity index (χ0) is 28.1. The second-order valence-corrected chi connectivity index (χ2v) is 14.0. The number of carbonyl (C=O) groups is 1. The van der Waals surface area contributed by atoms with Gasteiger partial charge < -0.3 is 14.7 Å². The molecule has 39 heavy (non-hydrogen) atoms. The highest BCUT2D eigenvalue weighted by molar-refractivity contribution is 7.91. The number of hydrogen-bond acceptors (Lipinski definition) is 6. The predicted octanol–water partition coefficient (Wildman–Crippen LogP) is 5.74. The van der Waals surface area contributed by atoms with Gasteiger partial charge in [0.25, 0.3) is 0 Å². The lowest BCUT2D eigenvalue weighted by molar-refractivity contribution is -0.101. The molecule has 7 nitrogen and oxygen atoms in total. The van der Waals surface area contributed by atoms with Crippen LogP contribution in [0.4, 0.5) is 4.79 Å². The topological polar surface area (TPSA) is 96.8 Å². The number of aromatic nitrogens is 1. The van der Waals surface area contributed by atoms with Crippen LogP contribution in [0.15, 0.2) is 72.9 Å². The zero-order valence-corrected chi connectivity index (χ0v) is 23.7. The Labute approximate surface area is 230 Å². The van der Waals surface area contributed by atoms with E-state index in [1.165, 1.54) is 6.26 Å². The predicted molar refractivity (Wildman–Crippen MR) is 151 cm³/mol. The molecule has 2 heterocycles. The lowest BCUT2D eigenvalue weighted by Crippen LogP contribution is -2.51. The number of sulfone groups is 1. The molecule has 2 aromatic carbocycles. The van der Waals surface area contributed by atoms with Crippen molar-refractivity contribution >= 4 is 15.9 Å². The third kappa shape index (κ3) is 5.32. The first kappa shape index (κ1) is 27.3. The zero-order valence-electron chi connectivity index (χ0n) is 22.9. The number of carbonyl (C=O) groups excluding carboxylic acids is 1. The summed E-state index contributed by atoms with van der Waals surface area (Å²) in [5.41, 5.74) is 2.45. The van der Waals surface area contributed by atoms with E-state index in [0.717, 1.165) is 22.3 Å². The highest BCUT2D eigenvalue weighted by atomic mass is 32.2. The van der Waals surface area contributed by atoms with Crippen LogP contribution in [-0.2, 0) is 24.9 Å². The summed E-state index contributed by atoms with van der Waals surface area (Å²) in [5, 5.41) is 10.6. The molecule has 3 aromatic rings. The van der Waals surface area contributed by atoms with Crippen LogP contribution in [0.5, 0.6) is 0 Å². The quantitative estimate of drug-likeness (QED) is 0.386. The van der Waals surface area contributed by atoms with Crippen LogP contribution in [0.1, 0.15) is 69.3 Å². The number of aliphatic hydroxyl groups is 1. The summed E-state index contributed by atoms with van der Waals surface area (Å²) in [7, 11) is -3.20. The SMILES string of the molecule is C[C@@H](c1ccc(-c2ccc(C3(S(C)(=O)=O)CC3)nc2)cc1)N1CC[C@](CC(C)(C)O)(c2ccccc2)OC1=O. The van der Waals surface area contributed by atoms with Gasteiger partial charge in [0.15, 0.2) is 9.84 Å². The van der Waals surface area contributed by atoms with E-state index in [1.807, 2.05) is 73.7 Å². The number of pyridine rings is 1. The Morgan fingerprint density at radius 2 is 1.64 bits per heavy atom. The van der Waals surface area contributed by atoms with Gasteiger partial charge in [-0.2, -0.15) is 0 Å². The molecule has 206 valence electrons. The van der Waals surface area contributed by atoms with Crippen LogP contribution in [0.25, 0.3) is 11.1 Å². The molecule has 0 bridgehead atoms. The summed E-state index contributed by atoms with van der Waals surface area (Å²) in [6, 6.07) is 21.2. The Bertz CT molecular complexity index is 1440. The van der Waals surface area contributed by atoms with E-state index < -0.39 is 31.9 Å². The fourth-order valence-corrected chi connectivity index (χ4v) is 7.13. The molecule has 1 saturated heterocycles. The van der Waals surface area contributed by atoms with Crippen molar-refractivity contribution in [1.82, 2.24) is 9.88 Å². The maximum Gasteiger partial charge on any atom is 0.411 e. The molecule has 2 fully saturated rings. The summed E-state index contributed by atoms with van der Waals surface area (Å²) in [6.45, 7) is 5.96. The average molecular weight is 549 g/mol. The van der Waals surface area contributed by atoms with Gasteiger partial charge in [0, 0.05) is 37.4 Å². The molecule has 1 N–H and O–H groups in total. The summed E-state index contributed by atoms with van der Waals surface area (Å²) in [6.07, 6.45) is 4.73. The lowest BCUT2D eigenvalue weighted by atomic mass is 9.80. The molecule has 1 aromatic heterocycles. The summed E-state index contributed by atoms with van der Waals surface area (Å²) >= 11 is 0. The minimum atomic E-state index is -3.20. The number of hydrogen-bond donors (Lipinski definition) is 1. The smallest absolute Gasteiger partial charge is 0.411 e. The molecule has 1 aliphatic carbocycles. The Morgan fingerprint density at radius 3 is 2.15 bits per heavy atom. The monoisotopic (exact) mass is 548 g/mol. The van der Waals surface area contributed by atoms with Gasteiger partial charge in [0.05, 0.1) is 17.3 Å². The van der Waals surface area contributed by atoms with Crippen LogP contribution in [-0.4, -0.2) is 47.9 Å². The van der Waals surface area contributed by atoms with Crippen LogP contribution in [0.3, 0.4) is 0 Å². The lowest BCUT2D eigenvalue weighted by Gasteiger charge is -2.45. The number of nitrogens with zero attached hydrogens (tertiary/aromatic N) is 2. The van der Waals surface area contributed by atoms with Gasteiger partial charge in [-0.25, -0.2) is 13.2 Å². The third-order valence-electron chi connectivity index (χ3n) is 8.13. The molecule has 5 rings (SSSR count). The van der Waals surface area contributed by atoms with Crippen molar-refractivity contribution in [2.24, 2.45) is 0 Å². The summed E-state index contributed by atoms with van der Waals surface area (Å²) in [5.74, 6) is 0. The van der Waals surface area contributed by atoms with Crippen LogP contribution >= 0.6 is 0 Å².